The smallest absolute Gasteiger partial charge is 0.354 e. The van der Waals surface area contributed by atoms with Crippen LogP contribution in [-0.2, 0) is 0 Å². The lowest BCUT2D eigenvalue weighted by atomic mass is 10.0. The minimum atomic E-state index is -1.04. The van der Waals surface area contributed by atoms with Gasteiger partial charge in [-0.25, -0.2) is 9.78 Å². The fourth-order valence-electron chi connectivity index (χ4n) is 1.76. The average molecular weight is 243 g/mol. The van der Waals surface area contributed by atoms with E-state index in [1.54, 1.807) is 19.2 Å². The van der Waals surface area contributed by atoms with Crippen molar-refractivity contribution in [2.75, 3.05) is 7.11 Å². The minimum Gasteiger partial charge on any atom is -0.496 e. The Bertz CT molecular complexity index is 593. The molecule has 92 valence electrons. The van der Waals surface area contributed by atoms with Gasteiger partial charge in [0.2, 0.25) is 0 Å². The van der Waals surface area contributed by atoms with E-state index in [4.69, 9.17) is 9.84 Å². The summed E-state index contributed by atoms with van der Waals surface area (Å²) in [6, 6.07) is 9.08. The number of carboxylic acid groups (broad SMARTS) is 1. The van der Waals surface area contributed by atoms with Crippen LogP contribution in [-0.4, -0.2) is 23.2 Å². The maximum atomic E-state index is 10.9. The van der Waals surface area contributed by atoms with Gasteiger partial charge in [0.15, 0.2) is 0 Å². The van der Waals surface area contributed by atoms with E-state index in [0.29, 0.717) is 5.75 Å². The van der Waals surface area contributed by atoms with Crippen LogP contribution in [0.25, 0.3) is 11.1 Å². The molecule has 0 aliphatic carbocycles. The Hall–Kier alpha value is -2.36. The number of pyridine rings is 1. The van der Waals surface area contributed by atoms with Crippen LogP contribution in [0.3, 0.4) is 0 Å². The maximum absolute atomic E-state index is 10.9. The van der Waals surface area contributed by atoms with E-state index in [9.17, 15) is 4.79 Å². The highest BCUT2D eigenvalue weighted by Crippen LogP contribution is 2.30. The highest BCUT2D eigenvalue weighted by atomic mass is 16.5. The molecule has 1 N–H and O–H groups in total. The fraction of sp³-hybridized carbons (Fsp3) is 0.143. The Balaban J connectivity index is 2.57. The third-order valence-corrected chi connectivity index (χ3v) is 2.65. The summed E-state index contributed by atoms with van der Waals surface area (Å²) in [7, 11) is 1.59. The monoisotopic (exact) mass is 243 g/mol. The van der Waals surface area contributed by atoms with Crippen molar-refractivity contribution in [3.05, 3.63) is 47.8 Å². The van der Waals surface area contributed by atoms with Crippen LogP contribution in [0, 0.1) is 6.92 Å². The molecule has 0 saturated heterocycles. The van der Waals surface area contributed by atoms with E-state index in [2.05, 4.69) is 4.98 Å². The molecule has 1 aromatic heterocycles. The van der Waals surface area contributed by atoms with Crippen LogP contribution in [0.4, 0.5) is 0 Å². The summed E-state index contributed by atoms with van der Waals surface area (Å²) in [5.74, 6) is -0.327. The van der Waals surface area contributed by atoms with Gasteiger partial charge in [-0.05, 0) is 36.8 Å². The maximum Gasteiger partial charge on any atom is 0.354 e. The van der Waals surface area contributed by atoms with Crippen LogP contribution >= 0.6 is 0 Å². The summed E-state index contributed by atoms with van der Waals surface area (Å²) in [5.41, 5.74) is 2.75. The average Bonchev–Trinajstić information content (AvgIpc) is 2.39. The largest absolute Gasteiger partial charge is 0.496 e. The minimum absolute atomic E-state index is 0.0241. The second kappa shape index (κ2) is 4.87. The number of carbonyl (C=O) groups is 1. The standard InChI is InChI=1S/C14H13NO3/c1-9-3-4-13(18-2)11(7-9)10-5-6-15-12(8-10)14(16)17/h3-8H,1-2H3,(H,16,17). The van der Waals surface area contributed by atoms with Gasteiger partial charge >= 0.3 is 5.97 Å². The molecule has 2 rings (SSSR count). The third kappa shape index (κ3) is 2.32. The van der Waals surface area contributed by atoms with Crippen molar-refractivity contribution in [3.63, 3.8) is 0 Å². The Morgan fingerprint density at radius 2 is 2.06 bits per heavy atom. The molecule has 0 saturated carbocycles. The fourth-order valence-corrected chi connectivity index (χ4v) is 1.76. The predicted molar refractivity (Wildman–Crippen MR) is 67.9 cm³/mol. The molecule has 0 amide bonds. The molecule has 1 heterocycles. The van der Waals surface area contributed by atoms with Crippen molar-refractivity contribution in [2.24, 2.45) is 0 Å². The van der Waals surface area contributed by atoms with Gasteiger partial charge in [-0.3, -0.25) is 0 Å². The van der Waals surface area contributed by atoms with Crippen molar-refractivity contribution in [1.29, 1.82) is 0 Å². The Morgan fingerprint density at radius 1 is 1.28 bits per heavy atom. The summed E-state index contributed by atoms with van der Waals surface area (Å²) in [6.07, 6.45) is 1.49. The summed E-state index contributed by atoms with van der Waals surface area (Å²) >= 11 is 0. The topological polar surface area (TPSA) is 59.4 Å². The van der Waals surface area contributed by atoms with Gasteiger partial charge in [-0.15, -0.1) is 0 Å². The number of hydrogen-bond donors (Lipinski definition) is 1. The van der Waals surface area contributed by atoms with Gasteiger partial charge < -0.3 is 9.84 Å². The lowest BCUT2D eigenvalue weighted by Crippen LogP contribution is -2.00. The normalized spacial score (nSPS) is 10.1. The van der Waals surface area contributed by atoms with E-state index >= 15 is 0 Å². The van der Waals surface area contributed by atoms with Gasteiger partial charge in [-0.1, -0.05) is 11.6 Å². The molecule has 18 heavy (non-hydrogen) atoms. The Kier molecular flexibility index (Phi) is 3.28. The molecule has 4 nitrogen and oxygen atoms in total. The van der Waals surface area contributed by atoms with E-state index in [-0.39, 0.29) is 5.69 Å². The molecular formula is C14H13NO3. The number of methoxy groups -OCH3 is 1. The van der Waals surface area contributed by atoms with E-state index in [1.165, 1.54) is 6.20 Å². The molecule has 4 heteroatoms. The molecule has 2 aromatic rings. The molecule has 0 bridgehead atoms. The number of carboxylic acids is 1. The number of benzene rings is 1. The molecule has 0 fully saturated rings. The second-order valence-corrected chi connectivity index (χ2v) is 3.94. The van der Waals surface area contributed by atoms with Crippen LogP contribution in [0.15, 0.2) is 36.5 Å². The lowest BCUT2D eigenvalue weighted by Gasteiger charge is -2.09. The van der Waals surface area contributed by atoms with E-state index < -0.39 is 5.97 Å². The first-order chi connectivity index (χ1) is 8.61. The first kappa shape index (κ1) is 12.1. The van der Waals surface area contributed by atoms with Crippen molar-refractivity contribution in [1.82, 2.24) is 4.98 Å². The number of ether oxygens (including phenoxy) is 1. The Morgan fingerprint density at radius 3 is 2.72 bits per heavy atom. The summed E-state index contributed by atoms with van der Waals surface area (Å²) in [6.45, 7) is 1.97. The first-order valence-electron chi connectivity index (χ1n) is 5.46. The predicted octanol–water partition coefficient (Wildman–Crippen LogP) is 2.76. The molecule has 0 spiro atoms. The summed E-state index contributed by atoms with van der Waals surface area (Å²) in [4.78, 5) is 14.7. The van der Waals surface area contributed by atoms with Crippen LogP contribution in [0.5, 0.6) is 5.75 Å². The SMILES string of the molecule is COc1ccc(C)cc1-c1ccnc(C(=O)O)c1. The molecular weight excluding hydrogens is 230 g/mol. The van der Waals surface area contributed by atoms with Gasteiger partial charge in [-0.2, -0.15) is 0 Å². The molecule has 1 aromatic carbocycles. The molecule has 0 atom stereocenters. The van der Waals surface area contributed by atoms with Gasteiger partial charge in [0.1, 0.15) is 11.4 Å². The van der Waals surface area contributed by atoms with E-state index in [1.807, 2.05) is 25.1 Å². The van der Waals surface area contributed by atoms with Crippen LogP contribution in [0.2, 0.25) is 0 Å². The zero-order valence-corrected chi connectivity index (χ0v) is 10.2. The second-order valence-electron chi connectivity index (χ2n) is 3.94. The number of aryl methyl sites for hydroxylation is 1. The zero-order chi connectivity index (χ0) is 13.1. The van der Waals surface area contributed by atoms with Gasteiger partial charge in [0.05, 0.1) is 7.11 Å². The van der Waals surface area contributed by atoms with Gasteiger partial charge in [0, 0.05) is 11.8 Å². The van der Waals surface area contributed by atoms with Gasteiger partial charge in [0.25, 0.3) is 0 Å². The number of aromatic carboxylic acids is 1. The van der Waals surface area contributed by atoms with Crippen molar-refractivity contribution >= 4 is 5.97 Å². The number of aromatic nitrogens is 1. The summed E-state index contributed by atoms with van der Waals surface area (Å²) in [5, 5.41) is 8.94. The highest BCUT2D eigenvalue weighted by Gasteiger charge is 2.10. The van der Waals surface area contributed by atoms with E-state index in [0.717, 1.165) is 16.7 Å². The Labute approximate surface area is 105 Å². The highest BCUT2D eigenvalue weighted by molar-refractivity contribution is 5.87. The van der Waals surface area contributed by atoms with Crippen molar-refractivity contribution in [2.45, 2.75) is 6.92 Å². The lowest BCUT2D eigenvalue weighted by molar-refractivity contribution is 0.0690. The third-order valence-electron chi connectivity index (χ3n) is 2.65. The molecule has 0 aliphatic rings. The number of nitrogens with zero attached hydrogens (tertiary/aromatic N) is 1. The quantitative estimate of drug-likeness (QED) is 0.900. The zero-order valence-electron chi connectivity index (χ0n) is 10.2. The van der Waals surface area contributed by atoms with Crippen molar-refractivity contribution in [3.8, 4) is 16.9 Å². The molecule has 0 aliphatic heterocycles. The first-order valence-corrected chi connectivity index (χ1v) is 5.46. The molecule has 0 unspecified atom stereocenters. The number of hydrogen-bond acceptors (Lipinski definition) is 3. The molecule has 0 radical (unpaired) electrons. The number of rotatable bonds is 3. The summed E-state index contributed by atoms with van der Waals surface area (Å²) < 4.78 is 5.29. The van der Waals surface area contributed by atoms with Crippen molar-refractivity contribution < 1.29 is 14.6 Å². The van der Waals surface area contributed by atoms with Crippen LogP contribution < -0.4 is 4.74 Å². The van der Waals surface area contributed by atoms with Crippen LogP contribution in [0.1, 0.15) is 16.1 Å².